The zero-order valence-electron chi connectivity index (χ0n) is 44.5. The van der Waals surface area contributed by atoms with Gasteiger partial charge >= 0.3 is 5.97 Å². The van der Waals surface area contributed by atoms with Gasteiger partial charge in [-0.3, -0.25) is 4.79 Å². The van der Waals surface area contributed by atoms with Gasteiger partial charge in [0, 0.05) is 66.6 Å². The highest BCUT2D eigenvalue weighted by molar-refractivity contribution is 7.87. The molecule has 2 aliphatic heterocycles. The Morgan fingerprint density at radius 1 is 0.608 bits per heavy atom. The maximum absolute atomic E-state index is 12.8. The van der Waals surface area contributed by atoms with Gasteiger partial charge in [-0.1, -0.05) is 30.7 Å². The smallest absolute Gasteiger partial charge is 0.303 e. The molecule has 0 spiro atoms. The van der Waals surface area contributed by atoms with Crippen LogP contribution < -0.4 is 4.90 Å². The van der Waals surface area contributed by atoms with E-state index >= 15 is 0 Å². The topological polar surface area (TPSA) is 328 Å². The molecule has 79 heavy (non-hydrogen) atoms. The lowest BCUT2D eigenvalue weighted by molar-refractivity contribution is -0.433. The standard InChI is InChI=1S/C53H68N2O20S4/c1-6-54-43-18-16-39-41(33-37(76(58,59)60)35-45(39)78(64,65)66)50(43)52(2,3)47(54)13-9-7-10-14-48-53(4,20-22-71-25-26-73-29-30-75-32-31-74-28-27-72-24-23-70-5)51-42-34-38(77(61,62)63)36-46(79(67,68)69)40(42)17-19-44(51)55(48)21-12-8-11-15-49(56)57/h7,9-10,13-14,16-19,33-36H,6,8,11-12,15,20-32H2,1-5H3,(H4-,56,57,58,59,60,61,62,63,64,65,66,67,68,69)/p-3. The molecule has 0 aromatic heterocycles. The molecule has 0 saturated carbocycles. The van der Waals surface area contributed by atoms with Crippen molar-refractivity contribution in [2.75, 3.05) is 97.8 Å². The maximum Gasteiger partial charge on any atom is 0.303 e. The monoisotopic (exact) mass is 1180 g/mol. The number of carbonyl (C=O) groups is 1. The molecule has 4 aromatic carbocycles. The third-order valence-corrected chi connectivity index (χ3v) is 17.1. The van der Waals surface area contributed by atoms with Gasteiger partial charge in [-0.2, -0.15) is 4.58 Å². The van der Waals surface area contributed by atoms with Gasteiger partial charge in [-0.15, -0.1) is 0 Å². The van der Waals surface area contributed by atoms with Crippen molar-refractivity contribution >= 4 is 85.1 Å². The van der Waals surface area contributed by atoms with E-state index in [1.54, 1.807) is 49.6 Å². The number of hydrogen-bond donors (Lipinski definition) is 1. The van der Waals surface area contributed by atoms with Gasteiger partial charge in [0.25, 0.3) is 0 Å². The van der Waals surface area contributed by atoms with Crippen molar-refractivity contribution in [3.8, 4) is 0 Å². The predicted octanol–water partition coefficient (Wildman–Crippen LogP) is 5.54. The van der Waals surface area contributed by atoms with E-state index < -0.39 is 76.9 Å². The number of methoxy groups -OCH3 is 1. The molecule has 1 unspecified atom stereocenters. The molecule has 0 amide bonds. The number of anilines is 1. The predicted molar refractivity (Wildman–Crippen MR) is 286 cm³/mol. The average Bonchev–Trinajstić information content (AvgIpc) is 3.99. The van der Waals surface area contributed by atoms with E-state index in [9.17, 15) is 61.8 Å². The number of nitrogens with zero attached hydrogens (tertiary/aromatic N) is 2. The summed E-state index contributed by atoms with van der Waals surface area (Å²) in [6, 6.07) is 9.32. The summed E-state index contributed by atoms with van der Waals surface area (Å²) in [7, 11) is -19.5. The van der Waals surface area contributed by atoms with E-state index in [2.05, 4.69) is 0 Å². The maximum atomic E-state index is 12.8. The molecule has 434 valence electrons. The Labute approximate surface area is 461 Å². The number of aliphatic carboxylic acids is 1. The highest BCUT2D eigenvalue weighted by Gasteiger charge is 2.46. The molecule has 0 fully saturated rings. The van der Waals surface area contributed by atoms with Crippen molar-refractivity contribution in [2.45, 2.75) is 90.2 Å². The first-order valence-corrected chi connectivity index (χ1v) is 30.9. The molecule has 0 radical (unpaired) electrons. The van der Waals surface area contributed by atoms with Crippen molar-refractivity contribution in [3.05, 3.63) is 95.7 Å². The van der Waals surface area contributed by atoms with Crippen LogP contribution in [0.5, 0.6) is 0 Å². The van der Waals surface area contributed by atoms with E-state index in [1.165, 1.54) is 12.1 Å². The zero-order valence-corrected chi connectivity index (χ0v) is 47.7. The first-order valence-electron chi connectivity index (χ1n) is 25.3. The lowest BCUT2D eigenvalue weighted by atomic mass is 9.76. The fourth-order valence-corrected chi connectivity index (χ4v) is 12.8. The van der Waals surface area contributed by atoms with E-state index in [-0.39, 0.29) is 60.8 Å². The third kappa shape index (κ3) is 15.3. The van der Waals surface area contributed by atoms with Gasteiger partial charge in [0.1, 0.15) is 47.0 Å². The number of fused-ring (bicyclic) bond motifs is 6. The minimum absolute atomic E-state index is 0.0326. The summed E-state index contributed by atoms with van der Waals surface area (Å²) in [4.78, 5) is 9.82. The third-order valence-electron chi connectivity index (χ3n) is 13.7. The van der Waals surface area contributed by atoms with Gasteiger partial charge in [0.15, 0.2) is 5.71 Å². The average molecular weight is 1180 g/mol. The second-order valence-corrected chi connectivity index (χ2v) is 24.8. The largest absolute Gasteiger partial charge is 0.744 e. The van der Waals surface area contributed by atoms with Crippen molar-refractivity contribution in [3.63, 3.8) is 0 Å². The van der Waals surface area contributed by atoms with Crippen LogP contribution in [0.15, 0.2) is 104 Å². The van der Waals surface area contributed by atoms with E-state index in [0.29, 0.717) is 125 Å². The SMILES string of the molecule is CC[N+]1=C(/C=C/C=C/C=C2/N(CCCCCC(=O)O)c3ccc4c(S(=O)(=O)[O-])cc(S(=O)(=O)[O-])cc4c3C2(C)CCOCCOCCOCCOCCOCCOC)C(C)(C)c2c1ccc1c(S(=O)(=O)[O-])cc(S(=O)(=O)[O-])cc21. The van der Waals surface area contributed by atoms with Crippen LogP contribution in [0.25, 0.3) is 21.5 Å². The summed E-state index contributed by atoms with van der Waals surface area (Å²) in [5.74, 6) is -0.958. The van der Waals surface area contributed by atoms with E-state index in [1.807, 2.05) is 37.2 Å². The number of carboxylic acids is 1. The highest BCUT2D eigenvalue weighted by Crippen LogP contribution is 2.54. The van der Waals surface area contributed by atoms with Crippen LogP contribution in [0.4, 0.5) is 11.4 Å². The second kappa shape index (κ2) is 26.7. The Hall–Kier alpha value is -5.04. The minimum Gasteiger partial charge on any atom is -0.744 e. The summed E-state index contributed by atoms with van der Waals surface area (Å²) in [5.41, 5.74) is 1.18. The Morgan fingerprint density at radius 2 is 1.10 bits per heavy atom. The normalized spacial score (nSPS) is 17.4. The van der Waals surface area contributed by atoms with E-state index in [0.717, 1.165) is 12.1 Å². The van der Waals surface area contributed by atoms with Crippen molar-refractivity contribution in [2.24, 2.45) is 0 Å². The summed E-state index contributed by atoms with van der Waals surface area (Å²) in [5, 5.41) is 9.31. The van der Waals surface area contributed by atoms with Crippen LogP contribution in [-0.2, 0) is 84.5 Å². The van der Waals surface area contributed by atoms with Crippen LogP contribution in [0.2, 0.25) is 0 Å². The molecule has 1 atom stereocenters. The molecule has 0 bridgehead atoms. The van der Waals surface area contributed by atoms with Gasteiger partial charge in [-0.25, -0.2) is 33.7 Å². The lowest BCUT2D eigenvalue weighted by Gasteiger charge is -2.31. The lowest BCUT2D eigenvalue weighted by Crippen LogP contribution is -2.31. The van der Waals surface area contributed by atoms with Gasteiger partial charge in [-0.05, 0) is 111 Å². The summed E-state index contributed by atoms with van der Waals surface area (Å²) >= 11 is 0. The number of ether oxygens (including phenoxy) is 6. The summed E-state index contributed by atoms with van der Waals surface area (Å²) in [6.45, 7) is 11.6. The number of allylic oxidation sites excluding steroid dienone is 6. The number of unbranched alkanes of at least 4 members (excludes halogenated alkanes) is 2. The number of benzene rings is 4. The Bertz CT molecular complexity index is 3480. The number of carboxylic acid groups (broad SMARTS) is 1. The van der Waals surface area contributed by atoms with Crippen LogP contribution >= 0.6 is 0 Å². The zero-order chi connectivity index (χ0) is 58.0. The Balaban J connectivity index is 1.33. The molecule has 1 N–H and O–H groups in total. The second-order valence-electron chi connectivity index (χ2n) is 19.3. The molecule has 22 nitrogen and oxygen atoms in total. The fourth-order valence-electron chi connectivity index (χ4n) is 10.2. The highest BCUT2D eigenvalue weighted by atomic mass is 32.2. The Morgan fingerprint density at radius 3 is 1.58 bits per heavy atom. The number of rotatable bonds is 32. The molecule has 0 saturated heterocycles. The quantitative estimate of drug-likeness (QED) is 0.0271. The molecule has 6 rings (SSSR count). The fraction of sp³-hybridized carbons (Fsp3) is 0.472. The van der Waals surface area contributed by atoms with Gasteiger partial charge in [0.2, 0.25) is 5.69 Å². The van der Waals surface area contributed by atoms with Crippen LogP contribution in [0.1, 0.15) is 70.9 Å². The first-order chi connectivity index (χ1) is 37.2. The molecule has 2 aliphatic rings. The first kappa shape index (κ1) is 63.1. The molecular weight excluding hydrogens is 1110 g/mol. The van der Waals surface area contributed by atoms with Crippen LogP contribution in [0, 0.1) is 0 Å². The van der Waals surface area contributed by atoms with Crippen LogP contribution in [0.3, 0.4) is 0 Å². The van der Waals surface area contributed by atoms with Gasteiger partial charge < -0.3 is 56.6 Å². The number of hydrogen-bond acceptors (Lipinski definition) is 20. The molecule has 4 aromatic rings. The van der Waals surface area contributed by atoms with Crippen molar-refractivity contribution < 1.29 is 94.8 Å². The Kier molecular flexibility index (Phi) is 21.3. The van der Waals surface area contributed by atoms with Gasteiger partial charge in [0.05, 0.1) is 91.1 Å². The summed E-state index contributed by atoms with van der Waals surface area (Å²) in [6.07, 6.45) is 10.3. The molecule has 26 heteroatoms. The summed E-state index contributed by atoms with van der Waals surface area (Å²) < 4.78 is 185. The molecule has 2 heterocycles. The minimum atomic E-state index is -5.34. The van der Waals surface area contributed by atoms with E-state index in [4.69, 9.17) is 28.4 Å². The molecular formula is C53H65N2O20S4-3. The van der Waals surface area contributed by atoms with Crippen molar-refractivity contribution in [1.82, 2.24) is 0 Å². The van der Waals surface area contributed by atoms with Crippen molar-refractivity contribution in [1.29, 1.82) is 0 Å². The molecule has 0 aliphatic carbocycles. The van der Waals surface area contributed by atoms with Crippen LogP contribution in [-0.4, -0.2) is 166 Å².